The number of nitrogens with two attached hydrogens (primary N) is 1. The van der Waals surface area contributed by atoms with E-state index in [-0.39, 0.29) is 49.7 Å². The Morgan fingerprint density at radius 1 is 1.12 bits per heavy atom. The van der Waals surface area contributed by atoms with Crippen LogP contribution >= 0.6 is 0 Å². The molecule has 0 bridgehead atoms. The van der Waals surface area contributed by atoms with Crippen LogP contribution in [0.3, 0.4) is 0 Å². The van der Waals surface area contributed by atoms with Crippen LogP contribution in [0.25, 0.3) is 0 Å². The lowest BCUT2D eigenvalue weighted by molar-refractivity contribution is -0.203. The van der Waals surface area contributed by atoms with Gasteiger partial charge in [-0.1, -0.05) is 45.6 Å². The molecule has 0 spiro atoms. The topological polar surface area (TPSA) is 186 Å². The van der Waals surface area contributed by atoms with Gasteiger partial charge in [-0.15, -0.1) is 0 Å². The van der Waals surface area contributed by atoms with Crippen molar-refractivity contribution < 1.29 is 40.2 Å². The second-order valence-corrected chi connectivity index (χ2v) is 17.2. The molecule has 1 unspecified atom stereocenters. The number of allylic oxidation sites excluding steroid dienone is 3. The van der Waals surface area contributed by atoms with E-state index in [9.17, 15) is 35.4 Å². The Hall–Kier alpha value is -1.63. The molecule has 10 heteroatoms. The standard InChI is InChI=1S/C40H64N2O8/c1-4-5-6-7-8-26-23-50-35(24(26)2)36(47)37(3,48)33-13-16-40(49)28-19-30(44)29-20-31(45)32(46)21-38(29,14-11-25-9-10-34(41)42-22-25)27(28)12-15-39(33,40)17-18-43/h9-10,19,22,24,26-27,29,31-36,42-43,45-49H,4-8,11-18,20-21,23,41H2,1-3H3/t24-,26+,27-,29-,31+,32-,33+,34?,35+,36+,37+,38+,39-,40+/m0/s1. The monoisotopic (exact) mass is 700 g/mol. The first kappa shape index (κ1) is 38.1. The summed E-state index contributed by atoms with van der Waals surface area (Å²) in [5, 5.41) is 73.1. The minimum absolute atomic E-state index is 0.0616. The van der Waals surface area contributed by atoms with Crippen molar-refractivity contribution in [3.63, 3.8) is 0 Å². The molecule has 282 valence electrons. The molecule has 2 aliphatic heterocycles. The maximum absolute atomic E-state index is 14.2. The van der Waals surface area contributed by atoms with Gasteiger partial charge in [0.25, 0.3) is 0 Å². The van der Waals surface area contributed by atoms with E-state index in [2.05, 4.69) is 19.2 Å². The number of fused-ring (bicyclic) bond motifs is 5. The number of rotatable bonds is 13. The van der Waals surface area contributed by atoms with Crippen molar-refractivity contribution in [3.8, 4) is 0 Å². The third-order valence-corrected chi connectivity index (χ3v) is 14.8. The SMILES string of the molecule is CCCCCC[C@@H]1CO[C@@H]([C@@H](O)[C@](C)(O)[C@H]2CC[C@@]3(O)C4=CC(=O)[C@@H]5C[C@@H](O)[C@@H](O)C[C@]5(CCC5=CNC(N)C=C5)[C@H]4CC[C@]23CCO)[C@H]1C. The zero-order valence-corrected chi connectivity index (χ0v) is 30.5. The number of hydrogen-bond acceptors (Lipinski definition) is 10. The average Bonchev–Trinajstić information content (AvgIpc) is 3.60. The number of ether oxygens (including phenoxy) is 1. The number of carbonyl (C=O) groups is 1. The summed E-state index contributed by atoms with van der Waals surface area (Å²) in [5.41, 5.74) is 2.86. The molecule has 6 rings (SSSR count). The van der Waals surface area contributed by atoms with E-state index >= 15 is 0 Å². The summed E-state index contributed by atoms with van der Waals surface area (Å²) in [4.78, 5) is 14.2. The Labute approximate surface area is 298 Å². The van der Waals surface area contributed by atoms with E-state index < -0.39 is 58.3 Å². The second-order valence-electron chi connectivity index (χ2n) is 17.2. The van der Waals surface area contributed by atoms with E-state index in [1.165, 1.54) is 19.3 Å². The predicted molar refractivity (Wildman–Crippen MR) is 190 cm³/mol. The summed E-state index contributed by atoms with van der Waals surface area (Å²) in [5.74, 6) is -1.05. The molecule has 4 aliphatic carbocycles. The van der Waals surface area contributed by atoms with Crippen molar-refractivity contribution >= 4 is 5.78 Å². The number of nitrogens with one attached hydrogen (secondary N) is 1. The van der Waals surface area contributed by atoms with Gasteiger partial charge in [0, 0.05) is 24.1 Å². The van der Waals surface area contributed by atoms with Crippen LogP contribution < -0.4 is 11.1 Å². The molecule has 0 amide bonds. The molecule has 6 aliphatic rings. The molecule has 0 aromatic rings. The second kappa shape index (κ2) is 14.7. The number of aliphatic hydroxyl groups is 6. The molecule has 0 aromatic heterocycles. The summed E-state index contributed by atoms with van der Waals surface area (Å²) in [6, 6.07) is 0. The average molecular weight is 701 g/mol. The van der Waals surface area contributed by atoms with Crippen LogP contribution in [0, 0.1) is 40.4 Å². The van der Waals surface area contributed by atoms with Gasteiger partial charge >= 0.3 is 0 Å². The normalized spacial score (nSPS) is 44.4. The number of carbonyl (C=O) groups excluding carboxylic acids is 1. The number of ketones is 1. The van der Waals surface area contributed by atoms with Crippen molar-refractivity contribution in [2.75, 3.05) is 13.2 Å². The van der Waals surface area contributed by atoms with Gasteiger partial charge in [-0.05, 0) is 124 Å². The fourth-order valence-corrected chi connectivity index (χ4v) is 12.0. The summed E-state index contributed by atoms with van der Waals surface area (Å²) in [6.07, 6.45) is 12.7. The van der Waals surface area contributed by atoms with Crippen LogP contribution in [-0.2, 0) is 9.53 Å². The van der Waals surface area contributed by atoms with E-state index in [1.54, 1.807) is 13.0 Å². The summed E-state index contributed by atoms with van der Waals surface area (Å²) < 4.78 is 6.23. The Morgan fingerprint density at radius 3 is 2.60 bits per heavy atom. The fraction of sp³-hybridized carbons (Fsp3) is 0.825. The quantitative estimate of drug-likeness (QED) is 0.133. The van der Waals surface area contributed by atoms with Crippen molar-refractivity contribution in [1.29, 1.82) is 0 Å². The van der Waals surface area contributed by atoms with E-state index in [4.69, 9.17) is 10.5 Å². The zero-order valence-electron chi connectivity index (χ0n) is 30.5. The lowest BCUT2D eigenvalue weighted by Gasteiger charge is -2.62. The molecule has 10 nitrogen and oxygen atoms in total. The van der Waals surface area contributed by atoms with E-state index in [1.807, 2.05) is 18.4 Å². The highest BCUT2D eigenvalue weighted by molar-refractivity contribution is 5.95. The van der Waals surface area contributed by atoms with Crippen LogP contribution in [-0.4, -0.2) is 91.4 Å². The van der Waals surface area contributed by atoms with Gasteiger partial charge in [-0.25, -0.2) is 0 Å². The Bertz CT molecular complexity index is 1330. The van der Waals surface area contributed by atoms with Crippen LogP contribution in [0.15, 0.2) is 35.6 Å². The first-order valence-electron chi connectivity index (χ1n) is 19.6. The molecule has 50 heavy (non-hydrogen) atoms. The van der Waals surface area contributed by atoms with Gasteiger partial charge in [0.05, 0.1) is 42.3 Å². The first-order valence-corrected chi connectivity index (χ1v) is 19.6. The van der Waals surface area contributed by atoms with E-state index in [0.29, 0.717) is 56.6 Å². The summed E-state index contributed by atoms with van der Waals surface area (Å²) >= 11 is 0. The highest BCUT2D eigenvalue weighted by atomic mass is 16.5. The van der Waals surface area contributed by atoms with Crippen molar-refractivity contribution in [2.45, 2.75) is 152 Å². The molecule has 4 fully saturated rings. The maximum Gasteiger partial charge on any atom is 0.159 e. The minimum atomic E-state index is -1.62. The molecule has 14 atom stereocenters. The zero-order chi connectivity index (χ0) is 36.1. The Morgan fingerprint density at radius 2 is 1.90 bits per heavy atom. The third-order valence-electron chi connectivity index (χ3n) is 14.8. The van der Waals surface area contributed by atoms with Gasteiger partial charge < -0.3 is 46.4 Å². The lowest BCUT2D eigenvalue weighted by atomic mass is 9.43. The molecule has 0 radical (unpaired) electrons. The van der Waals surface area contributed by atoms with Crippen LogP contribution in [0.4, 0.5) is 0 Å². The molecule has 2 heterocycles. The molecular formula is C40H64N2O8. The number of unbranched alkanes of at least 4 members (excludes halogenated alkanes) is 3. The first-order chi connectivity index (χ1) is 23.8. The van der Waals surface area contributed by atoms with Gasteiger partial charge in [0.1, 0.15) is 6.10 Å². The maximum atomic E-state index is 14.2. The number of dihydropyridines is 1. The summed E-state index contributed by atoms with van der Waals surface area (Å²) in [7, 11) is 0. The minimum Gasteiger partial charge on any atom is -0.396 e. The predicted octanol–water partition coefficient (Wildman–Crippen LogP) is 3.38. The van der Waals surface area contributed by atoms with Crippen molar-refractivity contribution in [3.05, 3.63) is 35.6 Å². The summed E-state index contributed by atoms with van der Waals surface area (Å²) in [6.45, 7) is 6.32. The molecule has 0 aromatic carbocycles. The Kier molecular flexibility index (Phi) is 11.2. The third kappa shape index (κ3) is 6.27. The lowest BCUT2D eigenvalue weighted by Crippen LogP contribution is -2.65. The van der Waals surface area contributed by atoms with Gasteiger partial charge in [-0.3, -0.25) is 4.79 Å². The number of aliphatic hydroxyl groups excluding tert-OH is 4. The molecule has 3 saturated carbocycles. The highest BCUT2D eigenvalue weighted by Crippen LogP contribution is 2.70. The van der Waals surface area contributed by atoms with Crippen molar-refractivity contribution in [1.82, 2.24) is 5.32 Å². The van der Waals surface area contributed by atoms with Gasteiger partial charge in [0.2, 0.25) is 0 Å². The molecular weight excluding hydrogens is 636 g/mol. The van der Waals surface area contributed by atoms with Crippen LogP contribution in [0.1, 0.15) is 111 Å². The van der Waals surface area contributed by atoms with Gasteiger partial charge in [-0.2, -0.15) is 0 Å². The molecule has 1 saturated heterocycles. The van der Waals surface area contributed by atoms with Gasteiger partial charge in [0.15, 0.2) is 5.78 Å². The highest BCUT2D eigenvalue weighted by Gasteiger charge is 2.71. The Balaban J connectivity index is 1.30. The van der Waals surface area contributed by atoms with E-state index in [0.717, 1.165) is 18.4 Å². The van der Waals surface area contributed by atoms with Crippen molar-refractivity contribution in [2.24, 2.45) is 46.2 Å². The molecule has 9 N–H and O–H groups in total. The largest absolute Gasteiger partial charge is 0.396 e. The smallest absolute Gasteiger partial charge is 0.159 e. The fourth-order valence-electron chi connectivity index (χ4n) is 12.0. The van der Waals surface area contributed by atoms with Crippen LogP contribution in [0.5, 0.6) is 0 Å². The number of hydrogen-bond donors (Lipinski definition) is 8. The van der Waals surface area contributed by atoms with Crippen LogP contribution in [0.2, 0.25) is 0 Å².